The average Bonchev–Trinajstić information content (AvgIpc) is 1.79. The van der Waals surface area contributed by atoms with Crippen LogP contribution in [0.5, 0.6) is 0 Å². The van der Waals surface area contributed by atoms with Crippen molar-refractivity contribution in [2.75, 3.05) is 0 Å². The summed E-state index contributed by atoms with van der Waals surface area (Å²) in [5.41, 5.74) is 5.02. The highest BCUT2D eigenvalue weighted by Gasteiger charge is 1.98. The molecule has 60 valence electrons. The Kier molecular flexibility index (Phi) is 4.88. The molecule has 10 heavy (non-hydrogen) atoms. The van der Waals surface area contributed by atoms with Gasteiger partial charge in [0.05, 0.1) is 0 Å². The number of rotatable bonds is 5. The molecule has 0 fully saturated rings. The molecule has 0 aromatic rings. The van der Waals surface area contributed by atoms with Gasteiger partial charge in [-0.05, 0) is 19.3 Å². The molecule has 0 unspecified atom stereocenters. The number of aliphatic hydroxyl groups is 1. The lowest BCUT2D eigenvalue weighted by Gasteiger charge is -2.00. The normalized spacial score (nSPS) is 13.0. The smallest absolute Gasteiger partial charge is 0.303 e. The molecule has 0 saturated heterocycles. The Morgan fingerprint density at radius 1 is 1.50 bits per heavy atom. The fourth-order valence-corrected chi connectivity index (χ4v) is 0.630. The van der Waals surface area contributed by atoms with Crippen molar-refractivity contribution in [2.24, 2.45) is 5.73 Å². The second-order valence-electron chi connectivity index (χ2n) is 2.21. The van der Waals surface area contributed by atoms with Crippen molar-refractivity contribution in [1.82, 2.24) is 0 Å². The number of carboxylic acids is 1. The second-order valence-corrected chi connectivity index (χ2v) is 2.21. The zero-order valence-electron chi connectivity index (χ0n) is 5.79. The lowest BCUT2D eigenvalue weighted by molar-refractivity contribution is -0.137. The molecular weight excluding hydrogens is 134 g/mol. The molecule has 0 radical (unpaired) electrons. The number of aliphatic hydroxyl groups excluding tert-OH is 1. The van der Waals surface area contributed by atoms with Crippen molar-refractivity contribution in [2.45, 2.75) is 31.9 Å². The van der Waals surface area contributed by atoms with Crippen LogP contribution >= 0.6 is 0 Å². The molecule has 0 saturated carbocycles. The summed E-state index contributed by atoms with van der Waals surface area (Å²) >= 11 is 0. The Balaban J connectivity index is 2.98. The minimum Gasteiger partial charge on any atom is -0.481 e. The van der Waals surface area contributed by atoms with Crippen molar-refractivity contribution in [1.29, 1.82) is 0 Å². The standard InChI is InChI=1S/C6H13NO3/c7-5(8)3-1-2-4-6(9)10/h5,8H,1-4,7H2,(H,9,10)/t5-/m1/s1. The number of carbonyl (C=O) groups is 1. The van der Waals surface area contributed by atoms with E-state index in [0.717, 1.165) is 0 Å². The van der Waals surface area contributed by atoms with Gasteiger partial charge in [0.15, 0.2) is 0 Å². The molecule has 0 aromatic heterocycles. The predicted octanol–water partition coefficient (Wildman–Crippen LogP) is -0.0915. The van der Waals surface area contributed by atoms with E-state index < -0.39 is 12.2 Å². The molecule has 4 heteroatoms. The number of aliphatic carboxylic acids is 1. The highest BCUT2D eigenvalue weighted by molar-refractivity contribution is 5.66. The van der Waals surface area contributed by atoms with Gasteiger partial charge in [0.1, 0.15) is 6.23 Å². The van der Waals surface area contributed by atoms with Gasteiger partial charge in [-0.2, -0.15) is 0 Å². The number of unbranched alkanes of at least 4 members (excludes halogenated alkanes) is 1. The third-order valence-electron chi connectivity index (χ3n) is 1.14. The lowest BCUT2D eigenvalue weighted by atomic mass is 10.2. The quantitative estimate of drug-likeness (QED) is 0.375. The minimum atomic E-state index is -0.800. The minimum absolute atomic E-state index is 0.159. The number of nitrogens with two attached hydrogens (primary N) is 1. The summed E-state index contributed by atoms with van der Waals surface area (Å²) in [5, 5.41) is 16.7. The van der Waals surface area contributed by atoms with E-state index in [0.29, 0.717) is 19.3 Å². The SMILES string of the molecule is N[C@H](O)CCCCC(=O)O. The van der Waals surface area contributed by atoms with Crippen molar-refractivity contribution in [3.05, 3.63) is 0 Å². The highest BCUT2D eigenvalue weighted by Crippen LogP contribution is 2.00. The van der Waals surface area contributed by atoms with Crippen LogP contribution in [0.2, 0.25) is 0 Å². The Labute approximate surface area is 59.7 Å². The van der Waals surface area contributed by atoms with Gasteiger partial charge in [0.25, 0.3) is 0 Å². The number of hydrogen-bond donors (Lipinski definition) is 3. The van der Waals surface area contributed by atoms with Gasteiger partial charge in [-0.3, -0.25) is 4.79 Å². The zero-order valence-corrected chi connectivity index (χ0v) is 5.79. The highest BCUT2D eigenvalue weighted by atomic mass is 16.4. The van der Waals surface area contributed by atoms with E-state index in [2.05, 4.69) is 0 Å². The first-order valence-electron chi connectivity index (χ1n) is 3.28. The van der Waals surface area contributed by atoms with Crippen molar-refractivity contribution < 1.29 is 15.0 Å². The summed E-state index contributed by atoms with van der Waals surface area (Å²) < 4.78 is 0. The molecular formula is C6H13NO3. The Hall–Kier alpha value is -0.610. The molecule has 0 spiro atoms. The van der Waals surface area contributed by atoms with Crippen LogP contribution in [0.25, 0.3) is 0 Å². The molecule has 0 amide bonds. The van der Waals surface area contributed by atoms with E-state index in [1.165, 1.54) is 0 Å². The van der Waals surface area contributed by atoms with Crippen molar-refractivity contribution in [3.8, 4) is 0 Å². The summed E-state index contributed by atoms with van der Waals surface area (Å²) in [6.45, 7) is 0. The van der Waals surface area contributed by atoms with E-state index in [1.807, 2.05) is 0 Å². The molecule has 0 heterocycles. The number of carboxylic acid groups (broad SMARTS) is 1. The molecule has 0 rings (SSSR count). The molecule has 0 aliphatic heterocycles. The van der Waals surface area contributed by atoms with Crippen LogP contribution < -0.4 is 5.73 Å². The van der Waals surface area contributed by atoms with Crippen molar-refractivity contribution >= 4 is 5.97 Å². The average molecular weight is 147 g/mol. The van der Waals surface area contributed by atoms with Gasteiger partial charge in [0, 0.05) is 6.42 Å². The van der Waals surface area contributed by atoms with Gasteiger partial charge < -0.3 is 15.9 Å². The van der Waals surface area contributed by atoms with Gasteiger partial charge in [-0.25, -0.2) is 0 Å². The van der Waals surface area contributed by atoms with E-state index in [4.69, 9.17) is 15.9 Å². The van der Waals surface area contributed by atoms with Crippen LogP contribution in [0.15, 0.2) is 0 Å². The Morgan fingerprint density at radius 3 is 2.50 bits per heavy atom. The number of hydrogen-bond acceptors (Lipinski definition) is 3. The summed E-state index contributed by atoms with van der Waals surface area (Å²) in [4.78, 5) is 9.95. The van der Waals surface area contributed by atoms with Gasteiger partial charge >= 0.3 is 5.97 Å². The van der Waals surface area contributed by atoms with Crippen LogP contribution in [0.1, 0.15) is 25.7 Å². The lowest BCUT2D eigenvalue weighted by Crippen LogP contribution is -2.18. The van der Waals surface area contributed by atoms with Crippen LogP contribution in [0.3, 0.4) is 0 Å². The van der Waals surface area contributed by atoms with Crippen LogP contribution in [-0.2, 0) is 4.79 Å². The van der Waals surface area contributed by atoms with Crippen LogP contribution in [0.4, 0.5) is 0 Å². The van der Waals surface area contributed by atoms with E-state index in [-0.39, 0.29) is 6.42 Å². The van der Waals surface area contributed by atoms with Gasteiger partial charge in [-0.1, -0.05) is 0 Å². The summed E-state index contributed by atoms with van der Waals surface area (Å²) in [5.74, 6) is -0.800. The van der Waals surface area contributed by atoms with E-state index in [1.54, 1.807) is 0 Å². The Bertz CT molecular complexity index is 103. The van der Waals surface area contributed by atoms with Crippen LogP contribution in [-0.4, -0.2) is 22.4 Å². The maximum atomic E-state index is 9.95. The van der Waals surface area contributed by atoms with Gasteiger partial charge in [-0.15, -0.1) is 0 Å². The molecule has 4 N–H and O–H groups in total. The summed E-state index contributed by atoms with van der Waals surface area (Å²) in [6.07, 6.45) is 1.10. The van der Waals surface area contributed by atoms with Gasteiger partial charge in [0.2, 0.25) is 0 Å². The largest absolute Gasteiger partial charge is 0.481 e. The van der Waals surface area contributed by atoms with Crippen LogP contribution in [0, 0.1) is 0 Å². The van der Waals surface area contributed by atoms with Crippen molar-refractivity contribution in [3.63, 3.8) is 0 Å². The predicted molar refractivity (Wildman–Crippen MR) is 36.3 cm³/mol. The Morgan fingerprint density at radius 2 is 2.10 bits per heavy atom. The third kappa shape index (κ3) is 7.39. The fraction of sp³-hybridized carbons (Fsp3) is 0.833. The summed E-state index contributed by atoms with van der Waals surface area (Å²) in [6, 6.07) is 0. The molecule has 0 aromatic carbocycles. The summed E-state index contributed by atoms with van der Waals surface area (Å²) in [7, 11) is 0. The maximum Gasteiger partial charge on any atom is 0.303 e. The molecule has 1 atom stereocenters. The first kappa shape index (κ1) is 9.39. The maximum absolute atomic E-state index is 9.95. The second kappa shape index (κ2) is 5.20. The molecule has 0 aliphatic carbocycles. The molecule has 0 aliphatic rings. The monoisotopic (exact) mass is 147 g/mol. The topological polar surface area (TPSA) is 83.5 Å². The fourth-order valence-electron chi connectivity index (χ4n) is 0.630. The zero-order chi connectivity index (χ0) is 7.98. The first-order chi connectivity index (χ1) is 4.63. The van der Waals surface area contributed by atoms with E-state index in [9.17, 15) is 4.79 Å². The van der Waals surface area contributed by atoms with E-state index >= 15 is 0 Å². The first-order valence-corrected chi connectivity index (χ1v) is 3.28. The molecule has 4 nitrogen and oxygen atoms in total. The third-order valence-corrected chi connectivity index (χ3v) is 1.14. The molecule has 0 bridgehead atoms.